The highest BCUT2D eigenvalue weighted by atomic mass is 79.9. The quantitative estimate of drug-likeness (QED) is 0.638. The molecule has 0 aromatic heterocycles. The molecule has 0 N–H and O–H groups in total. The second kappa shape index (κ2) is 3.44. The van der Waals surface area contributed by atoms with E-state index in [1.54, 1.807) is 0 Å². The molecule has 0 fully saturated rings. The molecular weight excluding hydrogens is 212 g/mol. The molecule has 1 aromatic carbocycles. The molecule has 0 aliphatic heterocycles. The Kier molecular flexibility index (Phi) is 2.31. The number of alkyl halides is 1. The summed E-state index contributed by atoms with van der Waals surface area (Å²) in [6.45, 7) is 0. The van der Waals surface area contributed by atoms with Crippen LogP contribution in [0.2, 0.25) is 0 Å². The summed E-state index contributed by atoms with van der Waals surface area (Å²) in [7, 11) is 0. The van der Waals surface area contributed by atoms with Crippen LogP contribution >= 0.6 is 15.9 Å². The van der Waals surface area contributed by atoms with Gasteiger partial charge in [0, 0.05) is 5.33 Å². The summed E-state index contributed by atoms with van der Waals surface area (Å²) in [4.78, 5) is 0. The molecule has 0 saturated heterocycles. The Morgan fingerprint density at radius 3 is 3.08 bits per heavy atom. The maximum Gasteiger partial charge on any atom is 0.0289 e. The molecule has 0 spiro atoms. The van der Waals surface area contributed by atoms with E-state index in [2.05, 4.69) is 46.3 Å². The van der Waals surface area contributed by atoms with Gasteiger partial charge in [0.2, 0.25) is 0 Å². The van der Waals surface area contributed by atoms with Crippen molar-refractivity contribution in [3.8, 4) is 0 Å². The van der Waals surface area contributed by atoms with Crippen molar-refractivity contribution in [1.82, 2.24) is 0 Å². The zero-order valence-electron chi connectivity index (χ0n) is 6.89. The first-order valence-corrected chi connectivity index (χ1v) is 5.37. The van der Waals surface area contributed by atoms with Crippen LogP contribution in [0.5, 0.6) is 0 Å². The van der Waals surface area contributed by atoms with Gasteiger partial charge in [0.05, 0.1) is 0 Å². The van der Waals surface area contributed by atoms with E-state index in [1.165, 1.54) is 29.5 Å². The standard InChI is InChI=1S/C11H11Br/c12-8-10-6-3-5-9-4-1-2-7-11(9)10/h2-3,5-7H,1,4,8H2. The third-order valence-corrected chi connectivity index (χ3v) is 2.90. The first-order chi connectivity index (χ1) is 5.92. The van der Waals surface area contributed by atoms with E-state index in [9.17, 15) is 0 Å². The summed E-state index contributed by atoms with van der Waals surface area (Å²) < 4.78 is 0. The minimum absolute atomic E-state index is 0.959. The van der Waals surface area contributed by atoms with Gasteiger partial charge in [0.25, 0.3) is 0 Å². The van der Waals surface area contributed by atoms with E-state index < -0.39 is 0 Å². The fourth-order valence-electron chi connectivity index (χ4n) is 1.65. The first kappa shape index (κ1) is 8.06. The van der Waals surface area contributed by atoms with Gasteiger partial charge >= 0.3 is 0 Å². The average Bonchev–Trinajstić information content (AvgIpc) is 2.17. The topological polar surface area (TPSA) is 0 Å². The Balaban J connectivity index is 2.54. The monoisotopic (exact) mass is 222 g/mol. The van der Waals surface area contributed by atoms with E-state index >= 15 is 0 Å². The number of aryl methyl sites for hydroxylation is 1. The molecule has 2 rings (SSSR count). The predicted molar refractivity (Wildman–Crippen MR) is 56.4 cm³/mol. The molecule has 62 valence electrons. The molecule has 0 nitrogen and oxygen atoms in total. The lowest BCUT2D eigenvalue weighted by molar-refractivity contribution is 0.980. The van der Waals surface area contributed by atoms with E-state index in [0.29, 0.717) is 0 Å². The fourth-order valence-corrected chi connectivity index (χ4v) is 2.14. The second-order valence-corrected chi connectivity index (χ2v) is 3.63. The van der Waals surface area contributed by atoms with Gasteiger partial charge in [0.1, 0.15) is 0 Å². The van der Waals surface area contributed by atoms with Crippen molar-refractivity contribution in [2.24, 2.45) is 0 Å². The highest BCUT2D eigenvalue weighted by Gasteiger charge is 2.06. The Morgan fingerprint density at radius 2 is 2.25 bits per heavy atom. The highest BCUT2D eigenvalue weighted by Crippen LogP contribution is 2.24. The van der Waals surface area contributed by atoms with E-state index in [-0.39, 0.29) is 0 Å². The molecule has 0 heterocycles. The van der Waals surface area contributed by atoms with Crippen LogP contribution in [0.25, 0.3) is 6.08 Å². The van der Waals surface area contributed by atoms with Crippen LogP contribution in [0, 0.1) is 0 Å². The van der Waals surface area contributed by atoms with Crippen molar-refractivity contribution in [2.45, 2.75) is 18.2 Å². The third-order valence-electron chi connectivity index (χ3n) is 2.30. The van der Waals surface area contributed by atoms with Crippen molar-refractivity contribution in [3.63, 3.8) is 0 Å². The molecule has 0 bridgehead atoms. The molecule has 0 radical (unpaired) electrons. The van der Waals surface area contributed by atoms with Gasteiger partial charge in [0.15, 0.2) is 0 Å². The van der Waals surface area contributed by atoms with Crippen LogP contribution in [0.3, 0.4) is 0 Å². The molecular formula is C11H11Br. The maximum atomic E-state index is 3.50. The number of allylic oxidation sites excluding steroid dienone is 1. The third kappa shape index (κ3) is 1.34. The summed E-state index contributed by atoms with van der Waals surface area (Å²) in [6, 6.07) is 6.56. The Bertz CT molecular complexity index is 313. The minimum Gasteiger partial charge on any atom is -0.0876 e. The van der Waals surface area contributed by atoms with Gasteiger partial charge in [-0.25, -0.2) is 0 Å². The van der Waals surface area contributed by atoms with Crippen LogP contribution < -0.4 is 0 Å². The second-order valence-electron chi connectivity index (χ2n) is 3.06. The summed E-state index contributed by atoms with van der Waals surface area (Å²) >= 11 is 3.50. The smallest absolute Gasteiger partial charge is 0.0289 e. The molecule has 0 atom stereocenters. The Hall–Kier alpha value is -0.560. The SMILES string of the molecule is BrCc1cccc2c1C=CCC2. The highest BCUT2D eigenvalue weighted by molar-refractivity contribution is 9.08. The van der Waals surface area contributed by atoms with Crippen molar-refractivity contribution in [2.75, 3.05) is 0 Å². The van der Waals surface area contributed by atoms with Gasteiger partial charge in [-0.2, -0.15) is 0 Å². The summed E-state index contributed by atoms with van der Waals surface area (Å²) in [5.41, 5.74) is 4.33. The molecule has 0 amide bonds. The van der Waals surface area contributed by atoms with Crippen LogP contribution in [0.15, 0.2) is 24.3 Å². The summed E-state index contributed by atoms with van der Waals surface area (Å²) in [6.07, 6.45) is 6.90. The van der Waals surface area contributed by atoms with Crippen molar-refractivity contribution < 1.29 is 0 Å². The van der Waals surface area contributed by atoms with E-state index in [0.717, 1.165) is 5.33 Å². The van der Waals surface area contributed by atoms with Crippen LogP contribution in [0.1, 0.15) is 23.1 Å². The van der Waals surface area contributed by atoms with E-state index in [4.69, 9.17) is 0 Å². The first-order valence-electron chi connectivity index (χ1n) is 4.25. The van der Waals surface area contributed by atoms with Gasteiger partial charge < -0.3 is 0 Å². The fraction of sp³-hybridized carbons (Fsp3) is 0.273. The lowest BCUT2D eigenvalue weighted by atomic mass is 9.94. The van der Waals surface area contributed by atoms with Crippen molar-refractivity contribution >= 4 is 22.0 Å². The van der Waals surface area contributed by atoms with Crippen LogP contribution in [-0.4, -0.2) is 0 Å². The molecule has 0 saturated carbocycles. The predicted octanol–water partition coefficient (Wildman–Crippen LogP) is 3.54. The normalized spacial score (nSPS) is 14.4. The van der Waals surface area contributed by atoms with Gasteiger partial charge in [-0.3, -0.25) is 0 Å². The average molecular weight is 223 g/mol. The lowest BCUT2D eigenvalue weighted by Crippen LogP contribution is -1.96. The number of halogens is 1. The molecule has 12 heavy (non-hydrogen) atoms. The lowest BCUT2D eigenvalue weighted by Gasteiger charge is -2.12. The number of hydrogen-bond donors (Lipinski definition) is 0. The van der Waals surface area contributed by atoms with Crippen LogP contribution in [-0.2, 0) is 11.8 Å². The van der Waals surface area contributed by atoms with Crippen molar-refractivity contribution in [1.29, 1.82) is 0 Å². The van der Waals surface area contributed by atoms with Gasteiger partial charge in [-0.1, -0.05) is 46.3 Å². The zero-order valence-corrected chi connectivity index (χ0v) is 8.47. The maximum absolute atomic E-state index is 3.50. The van der Waals surface area contributed by atoms with Crippen molar-refractivity contribution in [3.05, 3.63) is 41.0 Å². The molecule has 1 heteroatoms. The number of hydrogen-bond acceptors (Lipinski definition) is 0. The van der Waals surface area contributed by atoms with Gasteiger partial charge in [-0.05, 0) is 29.5 Å². The number of rotatable bonds is 1. The number of fused-ring (bicyclic) bond motifs is 1. The minimum atomic E-state index is 0.959. The molecule has 1 aliphatic rings. The summed E-state index contributed by atoms with van der Waals surface area (Å²) in [5, 5.41) is 0.959. The Morgan fingerprint density at radius 1 is 1.33 bits per heavy atom. The largest absolute Gasteiger partial charge is 0.0876 e. The van der Waals surface area contributed by atoms with Gasteiger partial charge in [-0.15, -0.1) is 0 Å². The Labute approximate surface area is 81.4 Å². The molecule has 1 aliphatic carbocycles. The zero-order chi connectivity index (χ0) is 8.39. The van der Waals surface area contributed by atoms with Crippen LogP contribution in [0.4, 0.5) is 0 Å². The molecule has 0 unspecified atom stereocenters. The summed E-state index contributed by atoms with van der Waals surface area (Å²) in [5.74, 6) is 0. The molecule has 1 aromatic rings. The van der Waals surface area contributed by atoms with E-state index in [1.807, 2.05) is 0 Å². The number of benzene rings is 1.